The molecule has 1 amide bonds. The number of carbonyl (C=O) groups is 1. The molecule has 92 valence electrons. The lowest BCUT2D eigenvalue weighted by atomic mass is 9.87. The molecule has 3 rings (SSSR count). The molecule has 2 aliphatic rings. The van der Waals surface area contributed by atoms with Crippen LogP contribution in [0.1, 0.15) is 25.7 Å². The van der Waals surface area contributed by atoms with Crippen LogP contribution in [0.2, 0.25) is 0 Å². The summed E-state index contributed by atoms with van der Waals surface area (Å²) in [5, 5.41) is 10.7. The van der Waals surface area contributed by atoms with E-state index in [1.54, 1.807) is 6.20 Å². The average molecular weight is 234 g/mol. The lowest BCUT2D eigenvalue weighted by Gasteiger charge is -2.36. The van der Waals surface area contributed by atoms with Crippen molar-refractivity contribution in [1.29, 1.82) is 0 Å². The molecule has 5 heteroatoms. The molecule has 0 bridgehead atoms. The minimum Gasteiger partial charge on any atom is -0.351 e. The van der Waals surface area contributed by atoms with Gasteiger partial charge in [-0.05, 0) is 44.8 Å². The smallest absolute Gasteiger partial charge is 0.248 e. The summed E-state index contributed by atoms with van der Waals surface area (Å²) in [4.78, 5) is 12.5. The zero-order chi connectivity index (χ0) is 11.7. The second-order valence-corrected chi connectivity index (χ2v) is 4.98. The maximum Gasteiger partial charge on any atom is 0.248 e. The van der Waals surface area contributed by atoms with Gasteiger partial charge in [-0.2, -0.15) is 5.10 Å². The highest BCUT2D eigenvalue weighted by atomic mass is 16.2. The summed E-state index contributed by atoms with van der Waals surface area (Å²) >= 11 is 0. The van der Waals surface area contributed by atoms with Gasteiger partial charge in [0.25, 0.3) is 0 Å². The van der Waals surface area contributed by atoms with Crippen LogP contribution in [0, 0.1) is 0 Å². The quantitative estimate of drug-likeness (QED) is 0.787. The second-order valence-electron chi connectivity index (χ2n) is 4.98. The van der Waals surface area contributed by atoms with Gasteiger partial charge in [0.05, 0.1) is 0 Å². The lowest BCUT2D eigenvalue weighted by Crippen LogP contribution is -2.55. The standard InChI is InChI=1S/C12H18N4O/c17-11(15-10-2-3-10)12(4-7-13-8-5-12)16-9-1-6-14-16/h1,6,9-10,13H,2-5,7-8H2,(H,15,17). The Hall–Kier alpha value is -1.36. The number of rotatable bonds is 3. The summed E-state index contributed by atoms with van der Waals surface area (Å²) in [5.41, 5.74) is -0.475. The highest BCUT2D eigenvalue weighted by Crippen LogP contribution is 2.29. The van der Waals surface area contributed by atoms with Crippen molar-refractivity contribution < 1.29 is 4.79 Å². The number of hydrogen-bond acceptors (Lipinski definition) is 3. The van der Waals surface area contributed by atoms with Gasteiger partial charge < -0.3 is 10.6 Å². The number of aromatic nitrogens is 2. The lowest BCUT2D eigenvalue weighted by molar-refractivity contribution is -0.132. The van der Waals surface area contributed by atoms with Gasteiger partial charge in [0.15, 0.2) is 0 Å². The summed E-state index contributed by atoms with van der Waals surface area (Å²) in [5.74, 6) is 0.144. The van der Waals surface area contributed by atoms with E-state index in [2.05, 4.69) is 15.7 Å². The third kappa shape index (κ3) is 1.95. The van der Waals surface area contributed by atoms with E-state index in [1.807, 2.05) is 16.9 Å². The average Bonchev–Trinajstić information content (AvgIpc) is 3.00. The molecule has 0 unspecified atom stereocenters. The number of piperidine rings is 1. The topological polar surface area (TPSA) is 59.0 Å². The van der Waals surface area contributed by atoms with Gasteiger partial charge in [0.1, 0.15) is 5.54 Å². The maximum absolute atomic E-state index is 12.5. The molecule has 1 aromatic rings. The van der Waals surface area contributed by atoms with Gasteiger partial charge in [-0.25, -0.2) is 0 Å². The van der Waals surface area contributed by atoms with E-state index in [0.29, 0.717) is 6.04 Å². The molecule has 0 atom stereocenters. The fraction of sp³-hybridized carbons (Fsp3) is 0.667. The van der Waals surface area contributed by atoms with Crippen LogP contribution in [-0.2, 0) is 10.3 Å². The molecule has 0 radical (unpaired) electrons. The Labute approximate surface area is 101 Å². The highest BCUT2D eigenvalue weighted by molar-refractivity contribution is 5.85. The number of carbonyl (C=O) groups excluding carboxylic acids is 1. The number of hydrogen-bond donors (Lipinski definition) is 2. The molecule has 2 N–H and O–H groups in total. The Bertz CT molecular complexity index is 391. The molecule has 1 aromatic heterocycles. The first-order valence-corrected chi connectivity index (χ1v) is 6.33. The Kier molecular flexibility index (Phi) is 2.63. The number of nitrogens with zero attached hydrogens (tertiary/aromatic N) is 2. The summed E-state index contributed by atoms with van der Waals surface area (Å²) < 4.78 is 1.84. The van der Waals surface area contributed by atoms with Crippen molar-refractivity contribution in [2.75, 3.05) is 13.1 Å². The van der Waals surface area contributed by atoms with Gasteiger partial charge in [0.2, 0.25) is 5.91 Å². The van der Waals surface area contributed by atoms with Crippen molar-refractivity contribution >= 4 is 5.91 Å². The first-order chi connectivity index (χ1) is 8.31. The molecule has 1 saturated heterocycles. The van der Waals surface area contributed by atoms with Crippen LogP contribution in [-0.4, -0.2) is 34.8 Å². The van der Waals surface area contributed by atoms with Crippen molar-refractivity contribution in [3.05, 3.63) is 18.5 Å². The van der Waals surface area contributed by atoms with E-state index >= 15 is 0 Å². The zero-order valence-electron chi connectivity index (χ0n) is 9.85. The Balaban J connectivity index is 1.86. The van der Waals surface area contributed by atoms with Crippen LogP contribution >= 0.6 is 0 Å². The molecule has 0 aromatic carbocycles. The Morgan fingerprint density at radius 2 is 2.18 bits per heavy atom. The summed E-state index contributed by atoms with van der Waals surface area (Å²) in [6.45, 7) is 1.75. The van der Waals surface area contributed by atoms with E-state index in [1.165, 1.54) is 0 Å². The highest BCUT2D eigenvalue weighted by Gasteiger charge is 2.43. The van der Waals surface area contributed by atoms with Gasteiger partial charge in [-0.3, -0.25) is 9.48 Å². The molecule has 5 nitrogen and oxygen atoms in total. The first kappa shape index (κ1) is 10.8. The van der Waals surface area contributed by atoms with Gasteiger partial charge in [-0.15, -0.1) is 0 Å². The van der Waals surface area contributed by atoms with E-state index in [4.69, 9.17) is 0 Å². The third-order valence-corrected chi connectivity index (χ3v) is 3.71. The number of amides is 1. The van der Waals surface area contributed by atoms with Crippen LogP contribution in [0.5, 0.6) is 0 Å². The SMILES string of the molecule is O=C(NC1CC1)C1(n2cccn2)CCNCC1. The number of nitrogens with one attached hydrogen (secondary N) is 2. The van der Waals surface area contributed by atoms with Crippen molar-refractivity contribution in [2.45, 2.75) is 37.3 Å². The van der Waals surface area contributed by atoms with Crippen molar-refractivity contribution in [1.82, 2.24) is 20.4 Å². The molecule has 1 aliphatic heterocycles. The van der Waals surface area contributed by atoms with Crippen molar-refractivity contribution in [3.8, 4) is 0 Å². The van der Waals surface area contributed by atoms with Crippen LogP contribution < -0.4 is 10.6 Å². The van der Waals surface area contributed by atoms with Crippen LogP contribution in [0.3, 0.4) is 0 Å². The fourth-order valence-corrected chi connectivity index (χ4v) is 2.47. The van der Waals surface area contributed by atoms with Crippen molar-refractivity contribution in [3.63, 3.8) is 0 Å². The molecular formula is C12H18N4O. The molecule has 2 heterocycles. The molecule has 1 aliphatic carbocycles. The largest absolute Gasteiger partial charge is 0.351 e. The summed E-state index contributed by atoms with van der Waals surface area (Å²) in [7, 11) is 0. The predicted molar refractivity (Wildman–Crippen MR) is 63.5 cm³/mol. The molecule has 0 spiro atoms. The van der Waals surface area contributed by atoms with Crippen LogP contribution in [0.25, 0.3) is 0 Å². The Morgan fingerprint density at radius 3 is 2.76 bits per heavy atom. The second kappa shape index (κ2) is 4.14. The fourth-order valence-electron chi connectivity index (χ4n) is 2.47. The minimum atomic E-state index is -0.475. The van der Waals surface area contributed by atoms with E-state index < -0.39 is 5.54 Å². The van der Waals surface area contributed by atoms with Gasteiger partial charge >= 0.3 is 0 Å². The third-order valence-electron chi connectivity index (χ3n) is 3.71. The van der Waals surface area contributed by atoms with E-state index in [-0.39, 0.29) is 5.91 Å². The normalized spacial score (nSPS) is 23.3. The first-order valence-electron chi connectivity index (χ1n) is 6.33. The maximum atomic E-state index is 12.5. The zero-order valence-corrected chi connectivity index (χ0v) is 9.85. The van der Waals surface area contributed by atoms with Crippen LogP contribution in [0.15, 0.2) is 18.5 Å². The van der Waals surface area contributed by atoms with Gasteiger partial charge in [-0.1, -0.05) is 0 Å². The van der Waals surface area contributed by atoms with Crippen molar-refractivity contribution in [2.24, 2.45) is 0 Å². The molecule has 17 heavy (non-hydrogen) atoms. The molecule has 2 fully saturated rings. The minimum absolute atomic E-state index is 0.144. The molecular weight excluding hydrogens is 216 g/mol. The van der Waals surface area contributed by atoms with E-state index in [0.717, 1.165) is 38.8 Å². The van der Waals surface area contributed by atoms with Gasteiger partial charge in [0, 0.05) is 18.4 Å². The monoisotopic (exact) mass is 234 g/mol. The predicted octanol–water partition coefficient (Wildman–Crippen LogP) is 0.240. The van der Waals surface area contributed by atoms with E-state index in [9.17, 15) is 4.79 Å². The molecule has 1 saturated carbocycles. The van der Waals surface area contributed by atoms with Crippen LogP contribution in [0.4, 0.5) is 0 Å². The summed E-state index contributed by atoms with van der Waals surface area (Å²) in [6.07, 6.45) is 7.52. The summed E-state index contributed by atoms with van der Waals surface area (Å²) in [6, 6.07) is 2.29. The Morgan fingerprint density at radius 1 is 1.41 bits per heavy atom.